The molecule has 1 aromatic rings. The Hall–Kier alpha value is -1.00. The highest BCUT2D eigenvalue weighted by Crippen LogP contribution is 2.09. The molecule has 0 bridgehead atoms. The Morgan fingerprint density at radius 2 is 2.06 bits per heavy atom. The van der Waals surface area contributed by atoms with E-state index in [-0.39, 0.29) is 5.97 Å². The van der Waals surface area contributed by atoms with Crippen LogP contribution in [0.1, 0.15) is 18.9 Å². The Morgan fingerprint density at radius 1 is 1.33 bits per heavy atom. The second-order valence-corrected chi connectivity index (χ2v) is 5.22. The lowest BCUT2D eigenvalue weighted by Crippen LogP contribution is -2.32. The Balaban J connectivity index is 2.07. The fraction of sp³-hybridized carbons (Fsp3) is 0.500. The van der Waals surface area contributed by atoms with Crippen molar-refractivity contribution in [2.24, 2.45) is 5.73 Å². The summed E-state index contributed by atoms with van der Waals surface area (Å²) in [5.41, 5.74) is 7.06. The molecule has 0 heterocycles. The number of thioether (sulfide) groups is 1. The van der Waals surface area contributed by atoms with Crippen molar-refractivity contribution in [2.45, 2.75) is 25.8 Å². The third kappa shape index (κ3) is 6.07. The molecule has 0 aliphatic carbocycles. The highest BCUT2D eigenvalue weighted by atomic mass is 32.2. The minimum atomic E-state index is -0.478. The predicted octanol–water partition coefficient (Wildman–Crippen LogP) is 2.24. The number of nitrogens with two attached hydrogens (primary N) is 1. The molecule has 4 heteroatoms. The van der Waals surface area contributed by atoms with Gasteiger partial charge < -0.3 is 10.5 Å². The Labute approximate surface area is 113 Å². The van der Waals surface area contributed by atoms with E-state index in [4.69, 9.17) is 10.5 Å². The summed E-state index contributed by atoms with van der Waals surface area (Å²) in [6, 6.07) is 9.91. The second kappa shape index (κ2) is 9.00. The molecule has 0 spiro atoms. The first-order chi connectivity index (χ1) is 8.74. The van der Waals surface area contributed by atoms with E-state index >= 15 is 0 Å². The molecule has 0 fully saturated rings. The first-order valence-electron chi connectivity index (χ1n) is 6.28. The van der Waals surface area contributed by atoms with Crippen LogP contribution < -0.4 is 5.73 Å². The van der Waals surface area contributed by atoms with Crippen LogP contribution in [-0.4, -0.2) is 30.1 Å². The second-order valence-electron chi connectivity index (χ2n) is 4.00. The van der Waals surface area contributed by atoms with E-state index < -0.39 is 6.04 Å². The Morgan fingerprint density at radius 3 is 2.72 bits per heavy atom. The monoisotopic (exact) mass is 267 g/mol. The lowest BCUT2D eigenvalue weighted by atomic mass is 10.2. The first kappa shape index (κ1) is 15.1. The third-order valence-corrected chi connectivity index (χ3v) is 3.56. The van der Waals surface area contributed by atoms with Gasteiger partial charge >= 0.3 is 5.97 Å². The van der Waals surface area contributed by atoms with Gasteiger partial charge in [0, 0.05) is 0 Å². The minimum Gasteiger partial charge on any atom is -0.465 e. The van der Waals surface area contributed by atoms with Gasteiger partial charge in [0.05, 0.1) is 6.61 Å². The SMILES string of the molecule is CCOC(=O)C(N)CCSCCc1ccccc1. The molecule has 1 aromatic carbocycles. The maximum absolute atomic E-state index is 11.3. The molecule has 100 valence electrons. The highest BCUT2D eigenvalue weighted by molar-refractivity contribution is 7.99. The molecule has 0 aliphatic heterocycles. The van der Waals surface area contributed by atoms with Crippen LogP contribution in [0.15, 0.2) is 30.3 Å². The molecular weight excluding hydrogens is 246 g/mol. The van der Waals surface area contributed by atoms with Gasteiger partial charge in [0.2, 0.25) is 0 Å². The predicted molar refractivity (Wildman–Crippen MR) is 76.7 cm³/mol. The number of carbonyl (C=O) groups excluding carboxylic acids is 1. The molecule has 0 aromatic heterocycles. The molecule has 0 saturated heterocycles. The maximum atomic E-state index is 11.3. The summed E-state index contributed by atoms with van der Waals surface area (Å²) in [4.78, 5) is 11.3. The van der Waals surface area contributed by atoms with Crippen molar-refractivity contribution in [3.63, 3.8) is 0 Å². The summed E-state index contributed by atoms with van der Waals surface area (Å²) in [6.07, 6.45) is 1.73. The summed E-state index contributed by atoms with van der Waals surface area (Å²) in [6.45, 7) is 2.19. The smallest absolute Gasteiger partial charge is 0.322 e. The van der Waals surface area contributed by atoms with Gasteiger partial charge in [-0.25, -0.2) is 0 Å². The van der Waals surface area contributed by atoms with Crippen molar-refractivity contribution >= 4 is 17.7 Å². The number of aryl methyl sites for hydroxylation is 1. The van der Waals surface area contributed by atoms with Gasteiger partial charge in [-0.05, 0) is 36.8 Å². The van der Waals surface area contributed by atoms with Crippen molar-refractivity contribution in [1.82, 2.24) is 0 Å². The van der Waals surface area contributed by atoms with Gasteiger partial charge in [0.25, 0.3) is 0 Å². The van der Waals surface area contributed by atoms with Crippen LogP contribution >= 0.6 is 11.8 Å². The standard InChI is InChI=1S/C14H21NO2S/c1-2-17-14(16)13(15)9-11-18-10-8-12-6-4-3-5-7-12/h3-7,13H,2,8-11,15H2,1H3. The van der Waals surface area contributed by atoms with E-state index in [2.05, 4.69) is 24.3 Å². The van der Waals surface area contributed by atoms with Crippen LogP contribution in [0.4, 0.5) is 0 Å². The summed E-state index contributed by atoms with van der Waals surface area (Å²) in [5.74, 6) is 1.66. The zero-order valence-corrected chi connectivity index (χ0v) is 11.6. The van der Waals surface area contributed by atoms with Crippen molar-refractivity contribution in [3.8, 4) is 0 Å². The van der Waals surface area contributed by atoms with E-state index in [0.717, 1.165) is 17.9 Å². The van der Waals surface area contributed by atoms with E-state index in [1.165, 1.54) is 5.56 Å². The van der Waals surface area contributed by atoms with Crippen LogP contribution in [0.25, 0.3) is 0 Å². The van der Waals surface area contributed by atoms with Gasteiger partial charge in [-0.2, -0.15) is 11.8 Å². The number of rotatable bonds is 8. The van der Waals surface area contributed by atoms with Crippen molar-refractivity contribution in [3.05, 3.63) is 35.9 Å². The average Bonchev–Trinajstić information content (AvgIpc) is 2.39. The zero-order valence-electron chi connectivity index (χ0n) is 10.8. The van der Waals surface area contributed by atoms with Crippen molar-refractivity contribution < 1.29 is 9.53 Å². The quantitative estimate of drug-likeness (QED) is 0.580. The summed E-state index contributed by atoms with van der Waals surface area (Å²) < 4.78 is 4.86. The number of esters is 1. The lowest BCUT2D eigenvalue weighted by Gasteiger charge is -2.09. The van der Waals surface area contributed by atoms with Crippen LogP contribution in [0.3, 0.4) is 0 Å². The normalized spacial score (nSPS) is 12.1. The van der Waals surface area contributed by atoms with E-state index in [0.29, 0.717) is 13.0 Å². The molecule has 1 rings (SSSR count). The van der Waals surface area contributed by atoms with Crippen LogP contribution in [0.5, 0.6) is 0 Å². The molecule has 1 unspecified atom stereocenters. The number of ether oxygens (including phenoxy) is 1. The number of carbonyl (C=O) groups is 1. The molecule has 0 amide bonds. The van der Waals surface area contributed by atoms with Crippen LogP contribution in [-0.2, 0) is 16.0 Å². The summed E-state index contributed by atoms with van der Waals surface area (Å²) >= 11 is 1.82. The lowest BCUT2D eigenvalue weighted by molar-refractivity contribution is -0.144. The Bertz CT molecular complexity index is 343. The molecule has 0 radical (unpaired) electrons. The van der Waals surface area contributed by atoms with Crippen LogP contribution in [0.2, 0.25) is 0 Å². The van der Waals surface area contributed by atoms with E-state index in [1.54, 1.807) is 6.92 Å². The fourth-order valence-corrected chi connectivity index (χ4v) is 2.52. The molecule has 1 atom stereocenters. The molecular formula is C14H21NO2S. The largest absolute Gasteiger partial charge is 0.465 e. The number of hydrogen-bond donors (Lipinski definition) is 1. The van der Waals surface area contributed by atoms with Gasteiger partial charge in [-0.1, -0.05) is 30.3 Å². The molecule has 0 aliphatic rings. The van der Waals surface area contributed by atoms with E-state index in [1.807, 2.05) is 17.8 Å². The van der Waals surface area contributed by atoms with Gasteiger partial charge in [0.1, 0.15) is 6.04 Å². The Kier molecular flexibility index (Phi) is 7.53. The summed E-state index contributed by atoms with van der Waals surface area (Å²) in [7, 11) is 0. The average molecular weight is 267 g/mol. The fourth-order valence-electron chi connectivity index (χ4n) is 1.51. The van der Waals surface area contributed by atoms with Gasteiger partial charge in [0.15, 0.2) is 0 Å². The first-order valence-corrected chi connectivity index (χ1v) is 7.43. The number of benzene rings is 1. The van der Waals surface area contributed by atoms with E-state index in [9.17, 15) is 4.79 Å². The maximum Gasteiger partial charge on any atom is 0.322 e. The molecule has 3 nitrogen and oxygen atoms in total. The summed E-state index contributed by atoms with van der Waals surface area (Å²) in [5, 5.41) is 0. The van der Waals surface area contributed by atoms with Crippen LogP contribution in [0, 0.1) is 0 Å². The van der Waals surface area contributed by atoms with Crippen molar-refractivity contribution in [1.29, 1.82) is 0 Å². The molecule has 2 N–H and O–H groups in total. The molecule has 0 saturated carbocycles. The third-order valence-electron chi connectivity index (χ3n) is 2.54. The van der Waals surface area contributed by atoms with Gasteiger partial charge in [-0.3, -0.25) is 4.79 Å². The number of hydrogen-bond acceptors (Lipinski definition) is 4. The highest BCUT2D eigenvalue weighted by Gasteiger charge is 2.13. The van der Waals surface area contributed by atoms with Gasteiger partial charge in [-0.15, -0.1) is 0 Å². The zero-order chi connectivity index (χ0) is 13.2. The van der Waals surface area contributed by atoms with Crippen molar-refractivity contribution in [2.75, 3.05) is 18.1 Å². The topological polar surface area (TPSA) is 52.3 Å². The minimum absolute atomic E-state index is 0.291. The molecule has 18 heavy (non-hydrogen) atoms.